The van der Waals surface area contributed by atoms with E-state index < -0.39 is 0 Å². The van der Waals surface area contributed by atoms with E-state index in [1.165, 1.54) is 0 Å². The second-order valence-corrected chi connectivity index (χ2v) is 4.41. The number of fused-ring (bicyclic) bond motifs is 2. The number of pyridine rings is 1. The summed E-state index contributed by atoms with van der Waals surface area (Å²) in [6.45, 7) is 0.402. The fraction of sp³-hybridized carbons (Fsp3) is 0.133. The molecule has 0 saturated heterocycles. The van der Waals surface area contributed by atoms with Gasteiger partial charge in [-0.2, -0.15) is 0 Å². The van der Waals surface area contributed by atoms with E-state index in [-0.39, 0.29) is 6.61 Å². The SMILES string of the molecule is NN(CCO)c1c2ccccc2nc2ccccc12. The molecule has 0 amide bonds. The van der Waals surface area contributed by atoms with Crippen LogP contribution in [0.15, 0.2) is 48.5 Å². The van der Waals surface area contributed by atoms with Crippen LogP contribution in [0.25, 0.3) is 21.8 Å². The van der Waals surface area contributed by atoms with Crippen LogP contribution in [0.4, 0.5) is 5.69 Å². The first-order valence-corrected chi connectivity index (χ1v) is 6.22. The Morgan fingerprint density at radius 3 is 2.00 bits per heavy atom. The van der Waals surface area contributed by atoms with Gasteiger partial charge in [0.05, 0.1) is 29.9 Å². The van der Waals surface area contributed by atoms with Crippen molar-refractivity contribution in [3.05, 3.63) is 48.5 Å². The number of nitrogens with zero attached hydrogens (tertiary/aromatic N) is 2. The average molecular weight is 253 g/mol. The Morgan fingerprint density at radius 1 is 0.947 bits per heavy atom. The number of aliphatic hydroxyl groups excluding tert-OH is 1. The Hall–Kier alpha value is -2.17. The van der Waals surface area contributed by atoms with Crippen molar-refractivity contribution in [1.82, 2.24) is 4.98 Å². The Bertz CT molecular complexity index is 673. The molecule has 4 nitrogen and oxygen atoms in total. The van der Waals surface area contributed by atoms with E-state index in [1.54, 1.807) is 5.01 Å². The molecule has 0 saturated carbocycles. The zero-order chi connectivity index (χ0) is 13.2. The molecule has 0 radical (unpaired) electrons. The van der Waals surface area contributed by atoms with Crippen LogP contribution in [-0.4, -0.2) is 23.2 Å². The molecule has 0 atom stereocenters. The largest absolute Gasteiger partial charge is 0.394 e. The predicted octanol–water partition coefficient (Wildman–Crippen LogP) is 2.06. The van der Waals surface area contributed by atoms with Crippen LogP contribution in [0.2, 0.25) is 0 Å². The number of hydrazine groups is 1. The molecule has 0 fully saturated rings. The van der Waals surface area contributed by atoms with Gasteiger partial charge in [0.15, 0.2) is 0 Å². The van der Waals surface area contributed by atoms with Crippen molar-refractivity contribution in [2.75, 3.05) is 18.2 Å². The van der Waals surface area contributed by atoms with Crippen molar-refractivity contribution < 1.29 is 5.11 Å². The molecule has 0 unspecified atom stereocenters. The topological polar surface area (TPSA) is 62.4 Å². The van der Waals surface area contributed by atoms with E-state index in [0.29, 0.717) is 6.54 Å². The summed E-state index contributed by atoms with van der Waals surface area (Å²) < 4.78 is 0. The number of rotatable bonds is 3. The fourth-order valence-electron chi connectivity index (χ4n) is 2.35. The molecular weight excluding hydrogens is 238 g/mol. The van der Waals surface area contributed by atoms with E-state index in [4.69, 9.17) is 10.9 Å². The molecule has 0 aliphatic rings. The minimum atomic E-state index is 0.0154. The lowest BCUT2D eigenvalue weighted by molar-refractivity contribution is 0.302. The highest BCUT2D eigenvalue weighted by atomic mass is 16.3. The van der Waals surface area contributed by atoms with Crippen molar-refractivity contribution in [1.29, 1.82) is 0 Å². The zero-order valence-electron chi connectivity index (χ0n) is 10.5. The number of hydrogen-bond donors (Lipinski definition) is 2. The van der Waals surface area contributed by atoms with Gasteiger partial charge >= 0.3 is 0 Å². The molecule has 1 aromatic heterocycles. The average Bonchev–Trinajstić information content (AvgIpc) is 2.44. The van der Waals surface area contributed by atoms with Gasteiger partial charge in [0.25, 0.3) is 0 Å². The smallest absolute Gasteiger partial charge is 0.0731 e. The normalized spacial score (nSPS) is 11.1. The molecule has 0 aliphatic heterocycles. The maximum absolute atomic E-state index is 9.10. The molecule has 96 valence electrons. The minimum Gasteiger partial charge on any atom is -0.394 e. The fourth-order valence-corrected chi connectivity index (χ4v) is 2.35. The van der Waals surface area contributed by atoms with Gasteiger partial charge in [-0.3, -0.25) is 0 Å². The summed E-state index contributed by atoms with van der Waals surface area (Å²) in [4.78, 5) is 4.64. The van der Waals surface area contributed by atoms with E-state index in [0.717, 1.165) is 27.5 Å². The molecule has 0 spiro atoms. The summed E-state index contributed by atoms with van der Waals surface area (Å²) in [5.74, 6) is 6.08. The summed E-state index contributed by atoms with van der Waals surface area (Å²) >= 11 is 0. The van der Waals surface area contributed by atoms with Crippen LogP contribution in [0.5, 0.6) is 0 Å². The highest BCUT2D eigenvalue weighted by Gasteiger charge is 2.12. The molecule has 2 aromatic carbocycles. The lowest BCUT2D eigenvalue weighted by atomic mass is 10.1. The summed E-state index contributed by atoms with van der Waals surface area (Å²) in [6.07, 6.45) is 0. The van der Waals surface area contributed by atoms with Gasteiger partial charge < -0.3 is 10.1 Å². The van der Waals surface area contributed by atoms with Crippen molar-refractivity contribution in [2.45, 2.75) is 0 Å². The number of anilines is 1. The first-order valence-electron chi connectivity index (χ1n) is 6.22. The molecular formula is C15H15N3O. The molecule has 4 heteroatoms. The van der Waals surface area contributed by atoms with Crippen molar-refractivity contribution in [3.63, 3.8) is 0 Å². The number of para-hydroxylation sites is 2. The minimum absolute atomic E-state index is 0.0154. The number of aromatic nitrogens is 1. The van der Waals surface area contributed by atoms with E-state index in [9.17, 15) is 0 Å². The summed E-state index contributed by atoms with van der Waals surface area (Å²) in [5, 5.41) is 12.7. The van der Waals surface area contributed by atoms with Crippen LogP contribution in [-0.2, 0) is 0 Å². The molecule has 0 aliphatic carbocycles. The Labute approximate surface area is 111 Å². The Morgan fingerprint density at radius 2 is 1.47 bits per heavy atom. The summed E-state index contributed by atoms with van der Waals surface area (Å²) in [6, 6.07) is 15.8. The molecule has 1 heterocycles. The molecule has 3 N–H and O–H groups in total. The number of nitrogens with two attached hydrogens (primary N) is 1. The Balaban J connectivity index is 2.39. The van der Waals surface area contributed by atoms with Crippen LogP contribution in [0.3, 0.4) is 0 Å². The number of benzene rings is 2. The maximum Gasteiger partial charge on any atom is 0.0731 e. The van der Waals surface area contributed by atoms with Crippen LogP contribution >= 0.6 is 0 Å². The van der Waals surface area contributed by atoms with Gasteiger partial charge in [-0.15, -0.1) is 0 Å². The van der Waals surface area contributed by atoms with Gasteiger partial charge in [-0.25, -0.2) is 10.8 Å². The van der Waals surface area contributed by atoms with Crippen molar-refractivity contribution in [2.24, 2.45) is 5.84 Å². The molecule has 19 heavy (non-hydrogen) atoms. The molecule has 0 bridgehead atoms. The quantitative estimate of drug-likeness (QED) is 0.426. The van der Waals surface area contributed by atoms with Gasteiger partial charge in [0.1, 0.15) is 0 Å². The van der Waals surface area contributed by atoms with Crippen LogP contribution < -0.4 is 10.9 Å². The third-order valence-corrected chi connectivity index (χ3v) is 3.19. The lowest BCUT2D eigenvalue weighted by Crippen LogP contribution is -2.34. The predicted molar refractivity (Wildman–Crippen MR) is 77.9 cm³/mol. The number of hydrogen-bond acceptors (Lipinski definition) is 4. The summed E-state index contributed by atoms with van der Waals surface area (Å²) in [7, 11) is 0. The van der Waals surface area contributed by atoms with Gasteiger partial charge in [-0.1, -0.05) is 36.4 Å². The van der Waals surface area contributed by atoms with E-state index in [2.05, 4.69) is 4.98 Å². The highest BCUT2D eigenvalue weighted by Crippen LogP contribution is 2.32. The van der Waals surface area contributed by atoms with E-state index >= 15 is 0 Å². The number of aliphatic hydroxyl groups is 1. The van der Waals surface area contributed by atoms with Crippen molar-refractivity contribution >= 4 is 27.5 Å². The van der Waals surface area contributed by atoms with Crippen LogP contribution in [0.1, 0.15) is 0 Å². The standard InChI is InChI=1S/C15H15N3O/c16-18(9-10-19)15-11-5-1-3-7-13(11)17-14-8-4-2-6-12(14)15/h1-8,19H,9-10,16H2. The lowest BCUT2D eigenvalue weighted by Gasteiger charge is -2.21. The maximum atomic E-state index is 9.10. The first kappa shape index (κ1) is 11.9. The first-order chi connectivity index (χ1) is 9.31. The third-order valence-electron chi connectivity index (χ3n) is 3.19. The van der Waals surface area contributed by atoms with E-state index in [1.807, 2.05) is 48.5 Å². The summed E-state index contributed by atoms with van der Waals surface area (Å²) in [5.41, 5.74) is 2.73. The third kappa shape index (κ3) is 2.01. The second-order valence-electron chi connectivity index (χ2n) is 4.41. The van der Waals surface area contributed by atoms with Gasteiger partial charge in [-0.05, 0) is 12.1 Å². The van der Waals surface area contributed by atoms with Crippen LogP contribution in [0, 0.1) is 0 Å². The monoisotopic (exact) mass is 253 g/mol. The Kier molecular flexibility index (Phi) is 3.03. The van der Waals surface area contributed by atoms with Gasteiger partial charge in [0.2, 0.25) is 0 Å². The molecule has 3 aromatic rings. The van der Waals surface area contributed by atoms with Gasteiger partial charge in [0, 0.05) is 10.8 Å². The molecule has 3 rings (SSSR count). The zero-order valence-corrected chi connectivity index (χ0v) is 10.5. The highest BCUT2D eigenvalue weighted by molar-refractivity contribution is 6.07. The second kappa shape index (κ2) is 4.84. The van der Waals surface area contributed by atoms with Crippen molar-refractivity contribution in [3.8, 4) is 0 Å².